The van der Waals surface area contributed by atoms with E-state index in [1.165, 1.54) is 23.4 Å². The second-order valence-electron chi connectivity index (χ2n) is 11.7. The molecule has 1 saturated carbocycles. The average molecular weight is 565 g/mol. The summed E-state index contributed by atoms with van der Waals surface area (Å²) >= 11 is 0. The zero-order valence-electron chi connectivity index (χ0n) is 23.7. The van der Waals surface area contributed by atoms with E-state index in [0.29, 0.717) is 30.6 Å². The van der Waals surface area contributed by atoms with Gasteiger partial charge in [-0.05, 0) is 57.0 Å². The number of likely N-dealkylation sites (N-methyl/N-ethyl adjacent to an activating group) is 1. The summed E-state index contributed by atoms with van der Waals surface area (Å²) < 4.78 is 6.17. The van der Waals surface area contributed by atoms with Crippen LogP contribution in [0.3, 0.4) is 0 Å². The minimum absolute atomic E-state index is 0.0767. The highest BCUT2D eigenvalue weighted by Crippen LogP contribution is 2.44. The van der Waals surface area contributed by atoms with Crippen LogP contribution in [0.25, 0.3) is 0 Å². The summed E-state index contributed by atoms with van der Waals surface area (Å²) in [6, 6.07) is 8.80. The SMILES string of the molecule is CN1CCN(C2CCN(c3ccc(Nc4nc(O[C@@H]5CCN(C(=O)O)C5)c(C5CC5)nc4C(N)=O)cc3)CC2)CC1. The highest BCUT2D eigenvalue weighted by atomic mass is 16.5. The first kappa shape index (κ1) is 27.5. The Morgan fingerprint density at radius 3 is 2.27 bits per heavy atom. The minimum Gasteiger partial charge on any atom is -0.471 e. The lowest BCUT2D eigenvalue weighted by atomic mass is 10.0. The van der Waals surface area contributed by atoms with Crippen LogP contribution in [0.5, 0.6) is 5.88 Å². The smallest absolute Gasteiger partial charge is 0.407 e. The standard InChI is InChI=1S/C29H40N8O4/c1-34-14-16-36(17-15-34)22-8-11-35(12-9-22)21-6-4-20(5-7-21)31-27-25(26(30)38)32-24(19-2-3-19)28(33-27)41-23-10-13-37(18-23)29(39)40/h4-7,19,22-23H,2-3,8-18H2,1H3,(H2,30,38)(H,31,33)(H,39,40)/t23-/m1/s1. The van der Waals surface area contributed by atoms with Crippen molar-refractivity contribution < 1.29 is 19.4 Å². The number of amides is 2. The van der Waals surface area contributed by atoms with Crippen molar-refractivity contribution in [2.45, 2.75) is 50.2 Å². The van der Waals surface area contributed by atoms with Crippen LogP contribution in [-0.2, 0) is 0 Å². The van der Waals surface area contributed by atoms with Crippen LogP contribution in [0.2, 0.25) is 0 Å². The Hall–Kier alpha value is -3.64. The molecule has 41 heavy (non-hydrogen) atoms. The maximum atomic E-state index is 12.4. The third-order valence-electron chi connectivity index (χ3n) is 8.79. The molecule has 12 heteroatoms. The van der Waals surface area contributed by atoms with Crippen LogP contribution < -0.4 is 20.7 Å². The molecular weight excluding hydrogens is 524 g/mol. The van der Waals surface area contributed by atoms with Gasteiger partial charge >= 0.3 is 6.09 Å². The van der Waals surface area contributed by atoms with Crippen LogP contribution in [0.15, 0.2) is 24.3 Å². The van der Waals surface area contributed by atoms with Gasteiger partial charge in [0.2, 0.25) is 5.88 Å². The van der Waals surface area contributed by atoms with Crippen molar-refractivity contribution in [2.75, 3.05) is 69.6 Å². The van der Waals surface area contributed by atoms with E-state index in [9.17, 15) is 14.7 Å². The summed E-state index contributed by atoms with van der Waals surface area (Å²) in [6.45, 7) is 7.37. The number of primary amides is 1. The molecular formula is C29H40N8O4. The lowest BCUT2D eigenvalue weighted by molar-refractivity contribution is 0.0982. The van der Waals surface area contributed by atoms with Crippen LogP contribution >= 0.6 is 0 Å². The van der Waals surface area contributed by atoms with E-state index in [4.69, 9.17) is 10.5 Å². The molecule has 4 fully saturated rings. The van der Waals surface area contributed by atoms with Crippen LogP contribution in [0.4, 0.5) is 22.0 Å². The molecule has 1 atom stereocenters. The number of nitrogens with two attached hydrogens (primary N) is 1. The van der Waals surface area contributed by atoms with E-state index in [2.05, 4.69) is 49.2 Å². The molecule has 6 rings (SSSR count). The van der Waals surface area contributed by atoms with E-state index < -0.39 is 12.0 Å². The molecule has 220 valence electrons. The fourth-order valence-electron chi connectivity index (χ4n) is 6.13. The van der Waals surface area contributed by atoms with Gasteiger partial charge in [-0.25, -0.2) is 9.78 Å². The van der Waals surface area contributed by atoms with Gasteiger partial charge in [0.15, 0.2) is 11.5 Å². The number of anilines is 3. The van der Waals surface area contributed by atoms with E-state index in [1.54, 1.807) is 0 Å². The van der Waals surface area contributed by atoms with Gasteiger partial charge in [0.25, 0.3) is 5.91 Å². The summed E-state index contributed by atoms with van der Waals surface area (Å²) in [5, 5.41) is 12.5. The zero-order valence-corrected chi connectivity index (χ0v) is 23.7. The number of carbonyl (C=O) groups excluding carboxylic acids is 1. The topological polar surface area (TPSA) is 140 Å². The number of hydrogen-bond donors (Lipinski definition) is 3. The fourth-order valence-corrected chi connectivity index (χ4v) is 6.13. The number of carboxylic acid groups (broad SMARTS) is 1. The van der Waals surface area contributed by atoms with E-state index in [0.717, 1.165) is 57.8 Å². The van der Waals surface area contributed by atoms with Crippen molar-refractivity contribution in [1.82, 2.24) is 24.7 Å². The Labute approximate surface area is 240 Å². The number of rotatable bonds is 8. The molecule has 1 aromatic carbocycles. The average Bonchev–Trinajstić information content (AvgIpc) is 3.71. The Morgan fingerprint density at radius 1 is 0.951 bits per heavy atom. The predicted octanol–water partition coefficient (Wildman–Crippen LogP) is 2.54. The normalized spacial score (nSPS) is 22.6. The summed E-state index contributed by atoms with van der Waals surface area (Å²) in [6.07, 6.45) is 3.52. The number of likely N-dealkylation sites (tertiary alicyclic amines) is 1. The number of piperidine rings is 1. The van der Waals surface area contributed by atoms with Crippen LogP contribution in [0.1, 0.15) is 54.2 Å². The molecule has 12 nitrogen and oxygen atoms in total. The molecule has 0 bridgehead atoms. The van der Waals surface area contributed by atoms with E-state index in [1.807, 2.05) is 12.1 Å². The van der Waals surface area contributed by atoms with Gasteiger partial charge in [-0.3, -0.25) is 9.69 Å². The number of benzene rings is 1. The molecule has 1 aliphatic carbocycles. The van der Waals surface area contributed by atoms with Gasteiger partial charge in [0, 0.05) is 75.6 Å². The molecule has 2 aromatic rings. The number of nitrogens with one attached hydrogen (secondary N) is 1. The minimum atomic E-state index is -0.959. The van der Waals surface area contributed by atoms with Crippen molar-refractivity contribution >= 4 is 29.2 Å². The second-order valence-corrected chi connectivity index (χ2v) is 11.7. The monoisotopic (exact) mass is 564 g/mol. The highest BCUT2D eigenvalue weighted by Gasteiger charge is 2.35. The Balaban J connectivity index is 1.13. The van der Waals surface area contributed by atoms with E-state index >= 15 is 0 Å². The molecule has 1 aromatic heterocycles. The molecule has 2 amide bonds. The number of carbonyl (C=O) groups is 2. The van der Waals surface area contributed by atoms with Crippen molar-refractivity contribution in [3.8, 4) is 5.88 Å². The highest BCUT2D eigenvalue weighted by molar-refractivity contribution is 5.96. The first-order valence-corrected chi connectivity index (χ1v) is 14.7. The third kappa shape index (κ3) is 6.33. The van der Waals surface area contributed by atoms with Gasteiger partial charge in [-0.2, -0.15) is 4.98 Å². The maximum Gasteiger partial charge on any atom is 0.407 e. The van der Waals surface area contributed by atoms with Gasteiger partial charge in [0.05, 0.1) is 6.54 Å². The van der Waals surface area contributed by atoms with Gasteiger partial charge < -0.3 is 35.6 Å². The van der Waals surface area contributed by atoms with Crippen LogP contribution in [-0.4, -0.2) is 113 Å². The molecule has 3 saturated heterocycles. The lowest BCUT2D eigenvalue weighted by Gasteiger charge is -2.42. The summed E-state index contributed by atoms with van der Waals surface area (Å²) in [5.74, 6) is 0.0929. The zero-order chi connectivity index (χ0) is 28.5. The molecule has 3 aliphatic heterocycles. The lowest BCUT2D eigenvalue weighted by Crippen LogP contribution is -2.52. The number of aromatic nitrogens is 2. The maximum absolute atomic E-state index is 12.4. The number of ether oxygens (including phenoxy) is 1. The first-order chi connectivity index (χ1) is 19.8. The predicted molar refractivity (Wildman–Crippen MR) is 155 cm³/mol. The van der Waals surface area contributed by atoms with Crippen molar-refractivity contribution in [1.29, 1.82) is 0 Å². The van der Waals surface area contributed by atoms with Crippen molar-refractivity contribution in [3.05, 3.63) is 35.7 Å². The molecule has 0 radical (unpaired) electrons. The molecule has 0 spiro atoms. The Kier molecular flexibility index (Phi) is 7.85. The Morgan fingerprint density at radius 2 is 1.66 bits per heavy atom. The molecule has 4 N–H and O–H groups in total. The quantitative estimate of drug-likeness (QED) is 0.438. The molecule has 4 heterocycles. The number of nitrogens with zero attached hydrogens (tertiary/aromatic N) is 6. The number of piperazine rings is 1. The fraction of sp³-hybridized carbons (Fsp3) is 0.586. The van der Waals surface area contributed by atoms with Gasteiger partial charge in [0.1, 0.15) is 11.8 Å². The number of hydrogen-bond acceptors (Lipinski definition) is 9. The second kappa shape index (κ2) is 11.7. The van der Waals surface area contributed by atoms with Crippen molar-refractivity contribution in [2.24, 2.45) is 5.73 Å². The third-order valence-corrected chi connectivity index (χ3v) is 8.79. The summed E-state index contributed by atoms with van der Waals surface area (Å²) in [7, 11) is 2.20. The molecule has 0 unspecified atom stereocenters. The summed E-state index contributed by atoms with van der Waals surface area (Å²) in [5.41, 5.74) is 8.34. The van der Waals surface area contributed by atoms with Crippen LogP contribution in [0, 0.1) is 0 Å². The molecule has 4 aliphatic rings. The van der Waals surface area contributed by atoms with Gasteiger partial charge in [-0.1, -0.05) is 0 Å². The van der Waals surface area contributed by atoms with E-state index in [-0.39, 0.29) is 30.1 Å². The largest absolute Gasteiger partial charge is 0.471 e. The van der Waals surface area contributed by atoms with Gasteiger partial charge in [-0.15, -0.1) is 0 Å². The van der Waals surface area contributed by atoms with Crippen molar-refractivity contribution in [3.63, 3.8) is 0 Å². The Bertz CT molecular complexity index is 1250. The first-order valence-electron chi connectivity index (χ1n) is 14.7. The summed E-state index contributed by atoms with van der Waals surface area (Å²) in [4.78, 5) is 41.8.